The molecule has 1 aliphatic heterocycles. The van der Waals surface area contributed by atoms with Gasteiger partial charge in [0.15, 0.2) is 5.96 Å². The van der Waals surface area contributed by atoms with E-state index in [-0.39, 0.29) is 0 Å². The first-order valence-electron chi connectivity index (χ1n) is 8.79. The van der Waals surface area contributed by atoms with Crippen LogP contribution in [0.1, 0.15) is 5.56 Å². The Morgan fingerprint density at radius 1 is 1.08 bits per heavy atom. The van der Waals surface area contributed by atoms with Crippen LogP contribution in [0.2, 0.25) is 0 Å². The summed E-state index contributed by atoms with van der Waals surface area (Å²) < 4.78 is 0. The number of aromatic nitrogens is 4. The van der Waals surface area contributed by atoms with Crippen LogP contribution in [-0.2, 0) is 6.42 Å². The largest absolute Gasteiger partial charge is 0.370 e. The molecule has 0 atom stereocenters. The van der Waals surface area contributed by atoms with Gasteiger partial charge in [-0.2, -0.15) is 0 Å². The van der Waals surface area contributed by atoms with Crippen LogP contribution in [0.3, 0.4) is 0 Å². The van der Waals surface area contributed by atoms with Gasteiger partial charge >= 0.3 is 0 Å². The second-order valence-corrected chi connectivity index (χ2v) is 6.23. The van der Waals surface area contributed by atoms with Crippen molar-refractivity contribution in [1.82, 2.24) is 24.8 Å². The van der Waals surface area contributed by atoms with Gasteiger partial charge in [-0.1, -0.05) is 0 Å². The fraction of sp³-hybridized carbons (Fsp3) is 0.333. The van der Waals surface area contributed by atoms with Crippen molar-refractivity contribution >= 4 is 22.9 Å². The van der Waals surface area contributed by atoms with Gasteiger partial charge < -0.3 is 20.5 Å². The zero-order valence-electron chi connectivity index (χ0n) is 14.5. The van der Waals surface area contributed by atoms with Crippen LogP contribution in [0.4, 0.5) is 5.95 Å². The summed E-state index contributed by atoms with van der Waals surface area (Å²) in [6.07, 6.45) is 8.17. The quantitative estimate of drug-likeness (QED) is 0.539. The van der Waals surface area contributed by atoms with Crippen molar-refractivity contribution < 1.29 is 0 Å². The first-order chi connectivity index (χ1) is 12.8. The van der Waals surface area contributed by atoms with Crippen molar-refractivity contribution in [2.75, 3.05) is 37.6 Å². The number of H-pyrrole nitrogens is 1. The Morgan fingerprint density at radius 2 is 1.85 bits per heavy atom. The Hall–Kier alpha value is -3.16. The number of piperazine rings is 1. The summed E-state index contributed by atoms with van der Waals surface area (Å²) >= 11 is 0. The second kappa shape index (κ2) is 7.38. The number of aliphatic imine (C=N–C) groups is 1. The number of nitrogens with two attached hydrogens (primary N) is 1. The van der Waals surface area contributed by atoms with Gasteiger partial charge in [0.1, 0.15) is 5.65 Å². The fourth-order valence-electron chi connectivity index (χ4n) is 3.20. The highest BCUT2D eigenvalue weighted by Crippen LogP contribution is 2.16. The molecule has 3 aromatic rings. The van der Waals surface area contributed by atoms with Gasteiger partial charge in [0.05, 0.1) is 0 Å². The lowest BCUT2D eigenvalue weighted by Crippen LogP contribution is -2.51. The van der Waals surface area contributed by atoms with Gasteiger partial charge in [-0.25, -0.2) is 15.0 Å². The molecule has 0 amide bonds. The van der Waals surface area contributed by atoms with E-state index in [1.807, 2.05) is 18.3 Å². The summed E-state index contributed by atoms with van der Waals surface area (Å²) in [5, 5.41) is 1.15. The van der Waals surface area contributed by atoms with Crippen LogP contribution in [0.5, 0.6) is 0 Å². The number of anilines is 1. The number of fused-ring (bicyclic) bond motifs is 1. The number of guanidine groups is 1. The van der Waals surface area contributed by atoms with E-state index in [0.29, 0.717) is 12.5 Å². The summed E-state index contributed by atoms with van der Waals surface area (Å²) in [6.45, 7) is 3.99. The maximum absolute atomic E-state index is 6.19. The number of hydrogen-bond donors (Lipinski definition) is 2. The highest BCUT2D eigenvalue weighted by atomic mass is 15.3. The van der Waals surface area contributed by atoms with Gasteiger partial charge in [0.25, 0.3) is 0 Å². The molecule has 8 heteroatoms. The molecule has 0 bridgehead atoms. The molecular formula is C18H22N8. The van der Waals surface area contributed by atoms with E-state index in [0.717, 1.165) is 49.6 Å². The third kappa shape index (κ3) is 3.44. The van der Waals surface area contributed by atoms with Crippen molar-refractivity contribution in [3.05, 3.63) is 48.5 Å². The highest BCUT2D eigenvalue weighted by molar-refractivity contribution is 5.80. The lowest BCUT2D eigenvalue weighted by atomic mass is 10.1. The molecule has 0 aromatic carbocycles. The average molecular weight is 350 g/mol. The molecule has 4 heterocycles. The summed E-state index contributed by atoms with van der Waals surface area (Å²) in [4.78, 5) is 25.0. The van der Waals surface area contributed by atoms with E-state index in [1.54, 1.807) is 18.6 Å². The molecule has 1 fully saturated rings. The van der Waals surface area contributed by atoms with Crippen molar-refractivity contribution in [1.29, 1.82) is 0 Å². The molecule has 3 aromatic heterocycles. The predicted molar refractivity (Wildman–Crippen MR) is 102 cm³/mol. The first kappa shape index (κ1) is 16.3. The summed E-state index contributed by atoms with van der Waals surface area (Å²) in [5.74, 6) is 1.38. The average Bonchev–Trinajstić information content (AvgIpc) is 3.12. The Balaban J connectivity index is 1.31. The number of hydrogen-bond acceptors (Lipinski definition) is 5. The van der Waals surface area contributed by atoms with Crippen LogP contribution in [0.25, 0.3) is 11.0 Å². The van der Waals surface area contributed by atoms with Gasteiger partial charge in [-0.3, -0.25) is 4.99 Å². The first-order valence-corrected chi connectivity index (χ1v) is 8.79. The third-order valence-electron chi connectivity index (χ3n) is 4.63. The molecule has 3 N–H and O–H groups in total. The lowest BCUT2D eigenvalue weighted by Gasteiger charge is -2.35. The third-order valence-corrected chi connectivity index (χ3v) is 4.63. The van der Waals surface area contributed by atoms with Crippen molar-refractivity contribution in [2.24, 2.45) is 10.7 Å². The van der Waals surface area contributed by atoms with Gasteiger partial charge in [-0.15, -0.1) is 0 Å². The van der Waals surface area contributed by atoms with Crippen LogP contribution in [0, 0.1) is 0 Å². The van der Waals surface area contributed by atoms with E-state index in [2.05, 4.69) is 40.8 Å². The summed E-state index contributed by atoms with van der Waals surface area (Å²) in [5.41, 5.74) is 8.32. The summed E-state index contributed by atoms with van der Waals surface area (Å²) in [7, 11) is 0. The number of pyridine rings is 1. The molecule has 134 valence electrons. The van der Waals surface area contributed by atoms with E-state index < -0.39 is 0 Å². The molecule has 8 nitrogen and oxygen atoms in total. The number of aromatic amines is 1. The minimum atomic E-state index is 0.608. The van der Waals surface area contributed by atoms with Gasteiger partial charge in [0.2, 0.25) is 5.95 Å². The fourth-order valence-corrected chi connectivity index (χ4v) is 3.20. The van der Waals surface area contributed by atoms with Crippen molar-refractivity contribution in [3.8, 4) is 0 Å². The SMILES string of the molecule is NC(=NCCc1c[nH]c2ncccc12)N1CCN(c2ncccn2)CC1. The normalized spacial score (nSPS) is 15.6. The number of nitrogens with zero attached hydrogens (tertiary/aromatic N) is 6. The smallest absolute Gasteiger partial charge is 0.225 e. The van der Waals surface area contributed by atoms with Crippen LogP contribution < -0.4 is 10.6 Å². The highest BCUT2D eigenvalue weighted by Gasteiger charge is 2.19. The Morgan fingerprint density at radius 3 is 2.65 bits per heavy atom. The molecule has 26 heavy (non-hydrogen) atoms. The van der Waals surface area contributed by atoms with Crippen molar-refractivity contribution in [3.63, 3.8) is 0 Å². The van der Waals surface area contributed by atoms with E-state index in [4.69, 9.17) is 5.73 Å². The van der Waals surface area contributed by atoms with Gasteiger partial charge in [0, 0.05) is 62.9 Å². The molecule has 0 unspecified atom stereocenters. The van der Waals surface area contributed by atoms with Gasteiger partial charge in [-0.05, 0) is 30.2 Å². The maximum Gasteiger partial charge on any atom is 0.225 e. The molecule has 4 rings (SSSR count). The Bertz CT molecular complexity index is 880. The summed E-state index contributed by atoms with van der Waals surface area (Å²) in [6, 6.07) is 5.85. The topological polar surface area (TPSA) is 99.3 Å². The van der Waals surface area contributed by atoms with E-state index in [9.17, 15) is 0 Å². The molecular weight excluding hydrogens is 328 g/mol. The zero-order valence-corrected chi connectivity index (χ0v) is 14.5. The second-order valence-electron chi connectivity index (χ2n) is 6.23. The van der Waals surface area contributed by atoms with Crippen LogP contribution in [0.15, 0.2) is 48.0 Å². The standard InChI is InChI=1S/C18H22N8/c19-17(21-8-4-14-13-24-16-15(14)3-1-5-20-16)25-9-11-26(12-10-25)18-22-6-2-7-23-18/h1-3,5-7,13H,4,8-12H2,(H2,19,21)(H,20,24). The molecule has 1 saturated heterocycles. The molecule has 0 radical (unpaired) electrons. The minimum absolute atomic E-state index is 0.608. The molecule has 0 saturated carbocycles. The van der Waals surface area contributed by atoms with Crippen molar-refractivity contribution in [2.45, 2.75) is 6.42 Å². The Labute approximate surface area is 151 Å². The molecule has 1 aliphatic rings. The predicted octanol–water partition coefficient (Wildman–Crippen LogP) is 1.03. The number of rotatable bonds is 4. The minimum Gasteiger partial charge on any atom is -0.370 e. The maximum atomic E-state index is 6.19. The van der Waals surface area contributed by atoms with E-state index in [1.165, 1.54) is 5.56 Å². The molecule has 0 spiro atoms. The Kier molecular flexibility index (Phi) is 4.63. The monoisotopic (exact) mass is 350 g/mol. The van der Waals surface area contributed by atoms with Crippen LogP contribution >= 0.6 is 0 Å². The molecule has 0 aliphatic carbocycles. The number of nitrogens with one attached hydrogen (secondary N) is 1. The van der Waals surface area contributed by atoms with Crippen LogP contribution in [-0.4, -0.2) is 63.5 Å². The zero-order chi connectivity index (χ0) is 17.8. The van der Waals surface area contributed by atoms with E-state index >= 15 is 0 Å². The lowest BCUT2D eigenvalue weighted by molar-refractivity contribution is 0.378.